The molecule has 0 aromatic heterocycles. The summed E-state index contributed by atoms with van der Waals surface area (Å²) in [5.41, 5.74) is 0. The first-order valence-corrected chi connectivity index (χ1v) is 5.96. The number of thioether (sulfide) groups is 1. The largest absolute Gasteiger partial charge is 0.391 e. The molecule has 1 aliphatic heterocycles. The maximum Gasteiger partial charge on any atom is 0.391 e. The second-order valence-corrected chi connectivity index (χ2v) is 5.56. The lowest BCUT2D eigenvalue weighted by Crippen LogP contribution is -2.43. The van der Waals surface area contributed by atoms with Crippen LogP contribution in [0.3, 0.4) is 0 Å². The third kappa shape index (κ3) is 2.03. The molecule has 2 rings (SSSR count). The van der Waals surface area contributed by atoms with Gasteiger partial charge in [-0.2, -0.15) is 13.2 Å². The topological polar surface area (TPSA) is 12.0 Å². The maximum absolute atomic E-state index is 12.4. The molecule has 1 saturated heterocycles. The van der Waals surface area contributed by atoms with Gasteiger partial charge in [0.1, 0.15) is 0 Å². The molecule has 1 spiro atoms. The first-order valence-electron chi connectivity index (χ1n) is 4.98. The van der Waals surface area contributed by atoms with E-state index in [4.69, 9.17) is 0 Å². The first kappa shape index (κ1) is 10.6. The Kier molecular flexibility index (Phi) is 2.72. The Morgan fingerprint density at radius 1 is 1.21 bits per heavy atom. The SMILES string of the molecule is FC(F)(F)C1CCC2(CC1)NCCS2. The predicted octanol–water partition coefficient (Wildman–Crippen LogP) is 2.77. The van der Waals surface area contributed by atoms with Gasteiger partial charge in [0.25, 0.3) is 0 Å². The van der Waals surface area contributed by atoms with Gasteiger partial charge >= 0.3 is 6.18 Å². The molecular weight excluding hydrogens is 211 g/mol. The molecule has 1 heterocycles. The molecule has 0 amide bonds. The monoisotopic (exact) mass is 225 g/mol. The number of hydrogen-bond acceptors (Lipinski definition) is 2. The van der Waals surface area contributed by atoms with Gasteiger partial charge < -0.3 is 5.32 Å². The average molecular weight is 225 g/mol. The van der Waals surface area contributed by atoms with Gasteiger partial charge in [0, 0.05) is 12.3 Å². The van der Waals surface area contributed by atoms with Crippen LogP contribution < -0.4 is 5.32 Å². The van der Waals surface area contributed by atoms with Gasteiger partial charge in [-0.3, -0.25) is 0 Å². The summed E-state index contributed by atoms with van der Waals surface area (Å²) in [5, 5.41) is 3.34. The number of hydrogen-bond donors (Lipinski definition) is 1. The van der Waals surface area contributed by atoms with Gasteiger partial charge in [-0.05, 0) is 25.7 Å². The Balaban J connectivity index is 1.92. The van der Waals surface area contributed by atoms with E-state index in [1.807, 2.05) is 0 Å². The number of halogens is 3. The van der Waals surface area contributed by atoms with Crippen LogP contribution in [0, 0.1) is 5.92 Å². The molecule has 1 aliphatic carbocycles. The summed E-state index contributed by atoms with van der Waals surface area (Å²) >= 11 is 1.80. The number of rotatable bonds is 0. The van der Waals surface area contributed by atoms with E-state index in [9.17, 15) is 13.2 Å². The van der Waals surface area contributed by atoms with Gasteiger partial charge in [0.15, 0.2) is 0 Å². The van der Waals surface area contributed by atoms with Crippen LogP contribution in [0.1, 0.15) is 25.7 Å². The number of alkyl halides is 3. The zero-order valence-electron chi connectivity index (χ0n) is 7.86. The summed E-state index contributed by atoms with van der Waals surface area (Å²) < 4.78 is 37.2. The summed E-state index contributed by atoms with van der Waals surface area (Å²) in [5.74, 6) is -0.0208. The van der Waals surface area contributed by atoms with Crippen LogP contribution in [0.5, 0.6) is 0 Å². The van der Waals surface area contributed by atoms with Gasteiger partial charge in [-0.1, -0.05) is 0 Å². The second-order valence-electron chi connectivity index (χ2n) is 4.09. The summed E-state index contributed by atoms with van der Waals surface area (Å²) in [7, 11) is 0. The van der Waals surface area contributed by atoms with E-state index >= 15 is 0 Å². The lowest BCUT2D eigenvalue weighted by Gasteiger charge is -2.37. The smallest absolute Gasteiger partial charge is 0.302 e. The molecule has 0 unspecified atom stereocenters. The Hall–Kier alpha value is 0.100. The van der Waals surface area contributed by atoms with Crippen LogP contribution in [0.4, 0.5) is 13.2 Å². The van der Waals surface area contributed by atoms with Crippen molar-refractivity contribution >= 4 is 11.8 Å². The Morgan fingerprint density at radius 2 is 1.86 bits per heavy atom. The molecule has 0 aromatic rings. The van der Waals surface area contributed by atoms with Crippen molar-refractivity contribution in [2.45, 2.75) is 36.7 Å². The third-order valence-electron chi connectivity index (χ3n) is 3.18. The van der Waals surface area contributed by atoms with Crippen molar-refractivity contribution in [1.29, 1.82) is 0 Å². The van der Waals surface area contributed by atoms with E-state index in [2.05, 4.69) is 5.32 Å². The fourth-order valence-electron chi connectivity index (χ4n) is 2.31. The van der Waals surface area contributed by atoms with Crippen molar-refractivity contribution in [3.8, 4) is 0 Å². The highest BCUT2D eigenvalue weighted by Crippen LogP contribution is 2.46. The molecule has 0 radical (unpaired) electrons. The van der Waals surface area contributed by atoms with E-state index in [0.29, 0.717) is 25.7 Å². The van der Waals surface area contributed by atoms with Crippen molar-refractivity contribution in [2.75, 3.05) is 12.3 Å². The normalized spacial score (nSPS) is 39.2. The Labute approximate surface area is 85.8 Å². The highest BCUT2D eigenvalue weighted by atomic mass is 32.2. The van der Waals surface area contributed by atoms with Crippen molar-refractivity contribution in [3.63, 3.8) is 0 Å². The second kappa shape index (κ2) is 3.59. The molecule has 0 atom stereocenters. The van der Waals surface area contributed by atoms with E-state index < -0.39 is 12.1 Å². The molecule has 1 N–H and O–H groups in total. The van der Waals surface area contributed by atoms with Crippen LogP contribution in [0.25, 0.3) is 0 Å². The summed E-state index contributed by atoms with van der Waals surface area (Å²) in [6, 6.07) is 0. The minimum Gasteiger partial charge on any atom is -0.302 e. The van der Waals surface area contributed by atoms with Crippen molar-refractivity contribution < 1.29 is 13.2 Å². The van der Waals surface area contributed by atoms with E-state index in [-0.39, 0.29) is 4.87 Å². The third-order valence-corrected chi connectivity index (χ3v) is 4.70. The molecule has 5 heteroatoms. The molecule has 82 valence electrons. The van der Waals surface area contributed by atoms with Crippen LogP contribution in [0.2, 0.25) is 0 Å². The molecule has 2 aliphatic rings. The molecule has 0 aromatic carbocycles. The van der Waals surface area contributed by atoms with Gasteiger partial charge in [-0.25, -0.2) is 0 Å². The quantitative estimate of drug-likeness (QED) is 0.680. The van der Waals surface area contributed by atoms with Gasteiger partial charge in [-0.15, -0.1) is 11.8 Å². The Bertz CT molecular complexity index is 201. The molecule has 14 heavy (non-hydrogen) atoms. The fraction of sp³-hybridized carbons (Fsp3) is 1.00. The van der Waals surface area contributed by atoms with E-state index in [1.165, 1.54) is 0 Å². The zero-order chi connectivity index (χ0) is 10.2. The first-order chi connectivity index (χ1) is 6.52. The Morgan fingerprint density at radius 3 is 2.29 bits per heavy atom. The zero-order valence-corrected chi connectivity index (χ0v) is 8.68. The molecule has 1 nitrogen and oxygen atoms in total. The lowest BCUT2D eigenvalue weighted by atomic mass is 9.85. The predicted molar refractivity (Wildman–Crippen MR) is 51.2 cm³/mol. The molecule has 1 saturated carbocycles. The van der Waals surface area contributed by atoms with E-state index in [1.54, 1.807) is 11.8 Å². The number of nitrogens with one attached hydrogen (secondary N) is 1. The minimum atomic E-state index is -3.98. The van der Waals surface area contributed by atoms with Crippen molar-refractivity contribution in [1.82, 2.24) is 5.32 Å². The van der Waals surface area contributed by atoms with Gasteiger partial charge in [0.2, 0.25) is 0 Å². The van der Waals surface area contributed by atoms with Gasteiger partial charge in [0.05, 0.1) is 10.8 Å². The maximum atomic E-state index is 12.4. The molecular formula is C9H14F3NS. The average Bonchev–Trinajstić information content (AvgIpc) is 2.53. The summed E-state index contributed by atoms with van der Waals surface area (Å²) in [6.45, 7) is 0.946. The lowest BCUT2D eigenvalue weighted by molar-refractivity contribution is -0.183. The highest BCUT2D eigenvalue weighted by molar-refractivity contribution is 8.00. The summed E-state index contributed by atoms with van der Waals surface area (Å²) in [6.07, 6.45) is -2.05. The minimum absolute atomic E-state index is 0.0122. The molecule has 2 fully saturated rings. The van der Waals surface area contributed by atoms with E-state index in [0.717, 1.165) is 12.3 Å². The fourth-order valence-corrected chi connectivity index (χ4v) is 3.63. The molecule has 0 bridgehead atoms. The van der Waals surface area contributed by atoms with Crippen LogP contribution in [-0.2, 0) is 0 Å². The summed E-state index contributed by atoms with van der Waals surface area (Å²) in [4.78, 5) is -0.0122. The highest BCUT2D eigenvalue weighted by Gasteiger charge is 2.46. The van der Waals surface area contributed by atoms with Crippen LogP contribution in [0.15, 0.2) is 0 Å². The van der Waals surface area contributed by atoms with Crippen LogP contribution >= 0.6 is 11.8 Å². The van der Waals surface area contributed by atoms with Crippen LogP contribution in [-0.4, -0.2) is 23.3 Å². The van der Waals surface area contributed by atoms with Crippen molar-refractivity contribution in [3.05, 3.63) is 0 Å². The standard InChI is InChI=1S/C9H14F3NS/c10-9(11,12)7-1-3-8(4-2-7)13-5-6-14-8/h7,13H,1-6H2. The van der Waals surface area contributed by atoms with Crippen molar-refractivity contribution in [2.24, 2.45) is 5.92 Å².